The second kappa shape index (κ2) is 8.67. The molecule has 0 saturated heterocycles. The molecule has 0 radical (unpaired) electrons. The van der Waals surface area contributed by atoms with E-state index in [-0.39, 0.29) is 17.4 Å². The molecular formula is C15H17NO6S2. The monoisotopic (exact) mass is 371 g/mol. The van der Waals surface area contributed by atoms with Crippen molar-refractivity contribution in [2.45, 2.75) is 4.21 Å². The van der Waals surface area contributed by atoms with Crippen molar-refractivity contribution in [1.29, 1.82) is 0 Å². The zero-order valence-electron chi connectivity index (χ0n) is 12.9. The molecule has 0 unspecified atom stereocenters. The second-order valence-corrected chi connectivity index (χ2v) is 7.44. The third kappa shape index (κ3) is 5.52. The van der Waals surface area contributed by atoms with Crippen molar-refractivity contribution < 1.29 is 27.4 Å². The van der Waals surface area contributed by atoms with Gasteiger partial charge in [-0.2, -0.15) is 4.72 Å². The van der Waals surface area contributed by atoms with E-state index in [1.807, 2.05) is 0 Å². The van der Waals surface area contributed by atoms with E-state index in [0.717, 1.165) is 11.3 Å². The van der Waals surface area contributed by atoms with E-state index in [0.29, 0.717) is 11.5 Å². The van der Waals surface area contributed by atoms with Crippen molar-refractivity contribution >= 4 is 27.3 Å². The molecule has 0 aliphatic heterocycles. The first kappa shape index (κ1) is 18.2. The topological polar surface area (TPSA) is 90.9 Å². The Labute approximate surface area is 144 Å². The number of hydrogen-bond donors (Lipinski definition) is 1. The van der Waals surface area contributed by atoms with Gasteiger partial charge in [-0.05, 0) is 35.7 Å². The first-order valence-corrected chi connectivity index (χ1v) is 9.33. The molecule has 2 aromatic rings. The molecule has 1 N–H and O–H groups in total. The first-order chi connectivity index (χ1) is 11.5. The molecule has 0 amide bonds. The van der Waals surface area contributed by atoms with E-state index in [9.17, 15) is 13.2 Å². The van der Waals surface area contributed by atoms with Gasteiger partial charge in [-0.1, -0.05) is 6.07 Å². The summed E-state index contributed by atoms with van der Waals surface area (Å²) in [6.45, 7) is -0.246. The minimum Gasteiger partial charge on any atom is -0.497 e. The predicted octanol–water partition coefficient (Wildman–Crippen LogP) is 1.66. The number of nitrogens with one attached hydrogen (secondary N) is 1. The number of carbonyl (C=O) groups is 1. The standard InChI is InChI=1S/C15H17NO6S2/c1-20-12-4-6-13(7-5-12)21-8-9-22-14(17)11-16-24(18,19)15-3-2-10-23-15/h2-7,10,16H,8-9,11H2,1H3. The summed E-state index contributed by atoms with van der Waals surface area (Å²) in [5, 5.41) is 1.64. The smallest absolute Gasteiger partial charge is 0.321 e. The van der Waals surface area contributed by atoms with Crippen molar-refractivity contribution in [2.24, 2.45) is 0 Å². The van der Waals surface area contributed by atoms with Crippen molar-refractivity contribution in [3.8, 4) is 11.5 Å². The molecule has 0 fully saturated rings. The van der Waals surface area contributed by atoms with Crippen LogP contribution in [0.2, 0.25) is 0 Å². The third-order valence-corrected chi connectivity index (χ3v) is 5.64. The lowest BCUT2D eigenvalue weighted by Crippen LogP contribution is -2.30. The van der Waals surface area contributed by atoms with Gasteiger partial charge in [0.05, 0.1) is 7.11 Å². The van der Waals surface area contributed by atoms with Crippen LogP contribution in [0.1, 0.15) is 0 Å². The van der Waals surface area contributed by atoms with Gasteiger partial charge in [-0.15, -0.1) is 11.3 Å². The summed E-state index contributed by atoms with van der Waals surface area (Å²) in [7, 11) is -2.10. The highest BCUT2D eigenvalue weighted by Crippen LogP contribution is 2.17. The van der Waals surface area contributed by atoms with Crippen molar-refractivity contribution in [3.63, 3.8) is 0 Å². The molecule has 0 atom stereocenters. The minimum atomic E-state index is -3.67. The second-order valence-electron chi connectivity index (χ2n) is 4.50. The Morgan fingerprint density at radius 1 is 1.12 bits per heavy atom. The number of hydrogen-bond acceptors (Lipinski definition) is 7. The highest BCUT2D eigenvalue weighted by atomic mass is 32.2. The Kier molecular flexibility index (Phi) is 6.59. The molecular weight excluding hydrogens is 354 g/mol. The molecule has 130 valence electrons. The average Bonchev–Trinajstić information content (AvgIpc) is 3.13. The van der Waals surface area contributed by atoms with Crippen LogP contribution < -0.4 is 14.2 Å². The first-order valence-electron chi connectivity index (χ1n) is 6.97. The molecule has 7 nitrogen and oxygen atoms in total. The summed E-state index contributed by atoms with van der Waals surface area (Å²) in [6, 6.07) is 10.0. The molecule has 0 bridgehead atoms. The summed E-state index contributed by atoms with van der Waals surface area (Å²) in [5.41, 5.74) is 0. The van der Waals surface area contributed by atoms with Crippen LogP contribution in [0.25, 0.3) is 0 Å². The quantitative estimate of drug-likeness (QED) is 0.532. The molecule has 24 heavy (non-hydrogen) atoms. The zero-order valence-corrected chi connectivity index (χ0v) is 14.6. The largest absolute Gasteiger partial charge is 0.497 e. The van der Waals surface area contributed by atoms with E-state index in [4.69, 9.17) is 14.2 Å². The van der Waals surface area contributed by atoms with E-state index >= 15 is 0 Å². The SMILES string of the molecule is COc1ccc(OCCOC(=O)CNS(=O)(=O)c2cccs2)cc1. The van der Waals surface area contributed by atoms with Gasteiger partial charge in [-0.25, -0.2) is 8.42 Å². The van der Waals surface area contributed by atoms with Gasteiger partial charge in [0.15, 0.2) is 0 Å². The van der Waals surface area contributed by atoms with Gasteiger partial charge in [0.2, 0.25) is 0 Å². The molecule has 0 aliphatic rings. The van der Waals surface area contributed by atoms with Crippen LogP contribution in [0, 0.1) is 0 Å². The van der Waals surface area contributed by atoms with E-state index in [1.165, 1.54) is 6.07 Å². The Morgan fingerprint density at radius 2 is 1.83 bits per heavy atom. The maximum atomic E-state index is 11.8. The van der Waals surface area contributed by atoms with E-state index in [1.54, 1.807) is 42.8 Å². The molecule has 1 aromatic carbocycles. The lowest BCUT2D eigenvalue weighted by Gasteiger charge is -2.08. The van der Waals surface area contributed by atoms with Crippen LogP contribution in [0.4, 0.5) is 0 Å². The predicted molar refractivity (Wildman–Crippen MR) is 89.0 cm³/mol. The summed E-state index contributed by atoms with van der Waals surface area (Å²) in [5.74, 6) is 0.658. The third-order valence-electron chi connectivity index (χ3n) is 2.84. The van der Waals surface area contributed by atoms with Crippen LogP contribution >= 0.6 is 11.3 Å². The normalized spacial score (nSPS) is 11.0. The van der Waals surface area contributed by atoms with Crippen LogP contribution in [-0.4, -0.2) is 41.3 Å². The fourth-order valence-corrected chi connectivity index (χ4v) is 3.69. The number of esters is 1. The molecule has 9 heteroatoms. The van der Waals surface area contributed by atoms with Gasteiger partial charge >= 0.3 is 5.97 Å². The number of rotatable bonds is 9. The van der Waals surface area contributed by atoms with Crippen molar-refractivity contribution in [3.05, 3.63) is 41.8 Å². The fraction of sp³-hybridized carbons (Fsp3) is 0.267. The van der Waals surface area contributed by atoms with Crippen LogP contribution in [-0.2, 0) is 19.6 Å². The number of sulfonamides is 1. The number of methoxy groups -OCH3 is 1. The summed E-state index contributed by atoms with van der Waals surface area (Å²) in [6.07, 6.45) is 0. The van der Waals surface area contributed by atoms with Crippen LogP contribution in [0.5, 0.6) is 11.5 Å². The molecule has 1 aromatic heterocycles. The Morgan fingerprint density at radius 3 is 2.46 bits per heavy atom. The molecule has 0 aliphatic carbocycles. The summed E-state index contributed by atoms with van der Waals surface area (Å²) in [4.78, 5) is 11.5. The highest BCUT2D eigenvalue weighted by molar-refractivity contribution is 7.91. The maximum Gasteiger partial charge on any atom is 0.321 e. The van der Waals surface area contributed by atoms with E-state index < -0.39 is 22.5 Å². The summed E-state index contributed by atoms with van der Waals surface area (Å²) >= 11 is 1.07. The van der Waals surface area contributed by atoms with Gasteiger partial charge in [0.25, 0.3) is 10.0 Å². The van der Waals surface area contributed by atoms with Crippen molar-refractivity contribution in [2.75, 3.05) is 26.9 Å². The number of ether oxygens (including phenoxy) is 3. The van der Waals surface area contributed by atoms with Crippen molar-refractivity contribution in [1.82, 2.24) is 4.72 Å². The molecule has 0 spiro atoms. The number of thiophene rings is 1. The Hall–Kier alpha value is -2.10. The van der Waals surface area contributed by atoms with Gasteiger partial charge in [0, 0.05) is 0 Å². The summed E-state index contributed by atoms with van der Waals surface area (Å²) < 4.78 is 41.3. The van der Waals surface area contributed by atoms with Crippen LogP contribution in [0.15, 0.2) is 46.0 Å². The lowest BCUT2D eigenvalue weighted by molar-refractivity contribution is -0.142. The highest BCUT2D eigenvalue weighted by Gasteiger charge is 2.16. The fourth-order valence-electron chi connectivity index (χ4n) is 1.68. The number of benzene rings is 1. The van der Waals surface area contributed by atoms with Gasteiger partial charge < -0.3 is 14.2 Å². The molecule has 1 heterocycles. The molecule has 2 rings (SSSR count). The number of carbonyl (C=O) groups excluding carboxylic acids is 1. The maximum absolute atomic E-state index is 11.8. The van der Waals surface area contributed by atoms with Crippen LogP contribution in [0.3, 0.4) is 0 Å². The molecule has 0 saturated carbocycles. The lowest BCUT2D eigenvalue weighted by atomic mass is 10.3. The van der Waals surface area contributed by atoms with Gasteiger partial charge in [0.1, 0.15) is 35.5 Å². The van der Waals surface area contributed by atoms with E-state index in [2.05, 4.69) is 4.72 Å². The van der Waals surface area contributed by atoms with Gasteiger partial charge in [-0.3, -0.25) is 4.79 Å². The Bertz CT molecular complexity index is 741. The average molecular weight is 371 g/mol. The minimum absolute atomic E-state index is 0.0194. The Balaban J connectivity index is 1.66. The zero-order chi connectivity index (χ0) is 17.4.